The summed E-state index contributed by atoms with van der Waals surface area (Å²) in [4.78, 5) is 37.1. The molecule has 0 radical (unpaired) electrons. The zero-order valence-corrected chi connectivity index (χ0v) is 13.8. The van der Waals surface area contributed by atoms with E-state index in [1.807, 2.05) is 11.9 Å². The number of rotatable bonds is 7. The zero-order chi connectivity index (χ0) is 19.4. The Balaban J connectivity index is 2.76. The third-order valence-corrected chi connectivity index (χ3v) is 3.60. The molecule has 1 aromatic carbocycles. The van der Waals surface area contributed by atoms with Crippen molar-refractivity contribution in [2.45, 2.75) is 19.8 Å². The van der Waals surface area contributed by atoms with E-state index in [2.05, 4.69) is 0 Å². The highest BCUT2D eigenvalue weighted by molar-refractivity contribution is 6.07. The molecule has 1 aromatic heterocycles. The number of nitrogens with two attached hydrogens (primary N) is 1. The number of benzene rings is 1. The number of unbranched alkanes of at least 4 members (excludes halogenated alkanes) is 1. The molecule has 0 unspecified atom stereocenters. The number of aromatic nitrogens is 1. The van der Waals surface area contributed by atoms with Crippen LogP contribution in [0.1, 0.15) is 40.5 Å². The maximum atomic E-state index is 14.0. The predicted molar refractivity (Wildman–Crippen MR) is 91.2 cm³/mol. The van der Waals surface area contributed by atoms with Crippen LogP contribution in [0.2, 0.25) is 0 Å². The molecule has 26 heavy (non-hydrogen) atoms. The molecule has 0 aliphatic rings. The van der Waals surface area contributed by atoms with Crippen LogP contribution in [0.3, 0.4) is 0 Å². The van der Waals surface area contributed by atoms with Gasteiger partial charge in [-0.05, 0) is 24.1 Å². The van der Waals surface area contributed by atoms with Gasteiger partial charge in [-0.3, -0.25) is 4.79 Å². The van der Waals surface area contributed by atoms with E-state index in [0.717, 1.165) is 18.6 Å². The summed E-state index contributed by atoms with van der Waals surface area (Å²) >= 11 is 0. The van der Waals surface area contributed by atoms with Gasteiger partial charge < -0.3 is 25.7 Å². The van der Waals surface area contributed by atoms with E-state index >= 15 is 0 Å². The van der Waals surface area contributed by atoms with E-state index in [0.29, 0.717) is 13.0 Å². The predicted octanol–water partition coefficient (Wildman–Crippen LogP) is 2.34. The molecular weight excluding hydrogens is 347 g/mol. The van der Waals surface area contributed by atoms with Gasteiger partial charge >= 0.3 is 11.9 Å². The van der Waals surface area contributed by atoms with Crippen LogP contribution in [0.25, 0.3) is 11.1 Å². The normalized spacial score (nSPS) is 10.5. The first kappa shape index (κ1) is 19.0. The van der Waals surface area contributed by atoms with Crippen LogP contribution < -0.4 is 16.0 Å². The Morgan fingerprint density at radius 2 is 1.85 bits per heavy atom. The zero-order valence-electron chi connectivity index (χ0n) is 13.8. The Labute approximate surface area is 147 Å². The van der Waals surface area contributed by atoms with Gasteiger partial charge in [-0.25, -0.2) is 14.0 Å². The molecule has 0 amide bonds. The molecule has 0 atom stereocenters. The van der Waals surface area contributed by atoms with Gasteiger partial charge in [0.1, 0.15) is 28.5 Å². The van der Waals surface area contributed by atoms with Crippen molar-refractivity contribution in [2.24, 2.45) is 0 Å². The topological polar surface area (TPSA) is 143 Å². The minimum absolute atomic E-state index is 0.0833. The monoisotopic (exact) mass is 364 g/mol. The van der Waals surface area contributed by atoms with E-state index < -0.39 is 45.8 Å². The first-order chi connectivity index (χ1) is 12.3. The van der Waals surface area contributed by atoms with Crippen LogP contribution in [0, 0.1) is 5.82 Å². The van der Waals surface area contributed by atoms with Crippen LogP contribution in [-0.4, -0.2) is 33.7 Å². The highest BCUT2D eigenvalue weighted by atomic mass is 19.1. The Morgan fingerprint density at radius 1 is 1.19 bits per heavy atom. The first-order valence-corrected chi connectivity index (χ1v) is 7.72. The molecule has 0 saturated heterocycles. The van der Waals surface area contributed by atoms with Gasteiger partial charge in [0.05, 0.1) is 6.61 Å². The van der Waals surface area contributed by atoms with Crippen LogP contribution >= 0.6 is 0 Å². The van der Waals surface area contributed by atoms with Crippen LogP contribution in [0.4, 0.5) is 10.2 Å². The summed E-state index contributed by atoms with van der Waals surface area (Å²) in [5, 5.41) is 18.7. The number of nitrogens with one attached hydrogen (secondary N) is 1. The summed E-state index contributed by atoms with van der Waals surface area (Å²) in [6.45, 7) is 2.24. The fraction of sp³-hybridized carbons (Fsp3) is 0.235. The molecule has 1 heterocycles. The minimum atomic E-state index is -1.67. The lowest BCUT2D eigenvalue weighted by Gasteiger charge is -2.14. The van der Waals surface area contributed by atoms with Gasteiger partial charge in [0.2, 0.25) is 0 Å². The summed E-state index contributed by atoms with van der Waals surface area (Å²) in [5.74, 6) is -4.45. The molecule has 0 saturated carbocycles. The number of carboxylic acid groups (broad SMARTS) is 2. The average molecular weight is 364 g/mol. The maximum absolute atomic E-state index is 14.0. The largest absolute Gasteiger partial charge is 0.493 e. The third kappa shape index (κ3) is 3.82. The van der Waals surface area contributed by atoms with E-state index in [4.69, 9.17) is 10.5 Å². The molecule has 8 nitrogen and oxygen atoms in total. The number of anilines is 1. The van der Waals surface area contributed by atoms with Gasteiger partial charge in [-0.1, -0.05) is 13.3 Å². The second-order valence-electron chi connectivity index (χ2n) is 5.48. The van der Waals surface area contributed by atoms with Crippen molar-refractivity contribution in [3.05, 3.63) is 45.5 Å². The van der Waals surface area contributed by atoms with Crippen molar-refractivity contribution in [3.63, 3.8) is 0 Å². The molecular formula is C17H17FN2O6. The summed E-state index contributed by atoms with van der Waals surface area (Å²) in [7, 11) is 0. The van der Waals surface area contributed by atoms with Crippen molar-refractivity contribution in [3.8, 4) is 16.9 Å². The lowest BCUT2D eigenvalue weighted by molar-refractivity contribution is 0.0695. The van der Waals surface area contributed by atoms with Crippen LogP contribution in [0.5, 0.6) is 5.75 Å². The molecule has 9 heteroatoms. The van der Waals surface area contributed by atoms with E-state index in [1.54, 1.807) is 0 Å². The number of halogens is 1. The van der Waals surface area contributed by atoms with Crippen molar-refractivity contribution in [1.29, 1.82) is 0 Å². The number of aromatic amines is 1. The number of hydrogen-bond donors (Lipinski definition) is 4. The number of carbonyl (C=O) groups is 2. The second-order valence-corrected chi connectivity index (χ2v) is 5.48. The number of ether oxygens (including phenoxy) is 1. The maximum Gasteiger partial charge on any atom is 0.342 e. The first-order valence-electron chi connectivity index (χ1n) is 7.72. The average Bonchev–Trinajstić information content (AvgIpc) is 2.53. The summed E-state index contributed by atoms with van der Waals surface area (Å²) in [6.07, 6.45) is 1.56. The Bertz CT molecular complexity index is 922. The van der Waals surface area contributed by atoms with Crippen LogP contribution in [-0.2, 0) is 0 Å². The quantitative estimate of drug-likeness (QED) is 0.552. The van der Waals surface area contributed by atoms with E-state index in [-0.39, 0.29) is 11.3 Å². The van der Waals surface area contributed by atoms with E-state index in [1.165, 1.54) is 6.07 Å². The van der Waals surface area contributed by atoms with Gasteiger partial charge in [-0.2, -0.15) is 0 Å². The molecule has 138 valence electrons. The summed E-state index contributed by atoms with van der Waals surface area (Å²) < 4.78 is 19.4. The Hall–Kier alpha value is -3.36. The molecule has 0 aliphatic heterocycles. The molecule has 0 bridgehead atoms. The molecule has 0 aliphatic carbocycles. The number of pyridine rings is 1. The molecule has 0 fully saturated rings. The fourth-order valence-electron chi connectivity index (χ4n) is 2.46. The van der Waals surface area contributed by atoms with Gasteiger partial charge in [0.25, 0.3) is 5.56 Å². The number of hydrogen-bond acceptors (Lipinski definition) is 5. The molecule has 0 spiro atoms. The van der Waals surface area contributed by atoms with Gasteiger partial charge in [-0.15, -0.1) is 0 Å². The number of aromatic carboxylic acids is 2. The van der Waals surface area contributed by atoms with Crippen molar-refractivity contribution in [1.82, 2.24) is 4.98 Å². The van der Waals surface area contributed by atoms with Crippen molar-refractivity contribution < 1.29 is 28.9 Å². The number of H-pyrrole nitrogens is 1. The van der Waals surface area contributed by atoms with Crippen LogP contribution in [0.15, 0.2) is 23.0 Å². The highest BCUT2D eigenvalue weighted by Crippen LogP contribution is 2.32. The standard InChI is InChI=1S/C17H17FN2O6/c1-2-3-4-26-10-6-8(5-9(18)7-10)11-12(16(22)23)14(19)20-15(21)13(11)17(24)25/h5-7H,2-4H2,1H3,(H,22,23)(H,24,25)(H3,19,20,21). The Morgan fingerprint density at radius 3 is 2.42 bits per heavy atom. The SMILES string of the molecule is CCCCOc1cc(F)cc(-c2c(C(=O)O)c(N)[nH]c(=O)c2C(=O)O)c1. The van der Waals surface area contributed by atoms with Gasteiger partial charge in [0.15, 0.2) is 0 Å². The minimum Gasteiger partial charge on any atom is -0.493 e. The molecule has 2 rings (SSSR count). The highest BCUT2D eigenvalue weighted by Gasteiger charge is 2.27. The van der Waals surface area contributed by atoms with Crippen molar-refractivity contribution >= 4 is 17.8 Å². The number of nitrogen functional groups attached to an aromatic ring is 1. The second kappa shape index (κ2) is 7.68. The lowest BCUT2D eigenvalue weighted by atomic mass is 9.95. The number of carboxylic acids is 2. The summed E-state index contributed by atoms with van der Waals surface area (Å²) in [6, 6.07) is 3.27. The third-order valence-electron chi connectivity index (χ3n) is 3.60. The summed E-state index contributed by atoms with van der Waals surface area (Å²) in [5.41, 5.74) is 2.37. The smallest absolute Gasteiger partial charge is 0.342 e. The van der Waals surface area contributed by atoms with Gasteiger partial charge in [0, 0.05) is 11.6 Å². The molecule has 2 aromatic rings. The lowest BCUT2D eigenvalue weighted by Crippen LogP contribution is -2.24. The fourth-order valence-corrected chi connectivity index (χ4v) is 2.46. The molecule has 5 N–H and O–H groups in total. The van der Waals surface area contributed by atoms with E-state index in [9.17, 15) is 29.0 Å². The van der Waals surface area contributed by atoms with Crippen molar-refractivity contribution in [2.75, 3.05) is 12.3 Å². The Kier molecular flexibility index (Phi) is 5.61.